The molecule has 0 atom stereocenters. The Hall–Kier alpha value is -1.29. The first kappa shape index (κ1) is 10.8. The van der Waals surface area contributed by atoms with E-state index in [0.717, 1.165) is 18.0 Å². The van der Waals surface area contributed by atoms with Gasteiger partial charge in [0.05, 0.1) is 6.61 Å². The number of nitrogens with one attached hydrogen (secondary N) is 1. The molecule has 78 valence electrons. The number of hydrogen-bond acceptors (Lipinski definition) is 4. The first-order valence-corrected chi connectivity index (χ1v) is 4.90. The van der Waals surface area contributed by atoms with Crippen molar-refractivity contribution in [2.45, 2.75) is 13.3 Å². The Kier molecular flexibility index (Phi) is 4.78. The van der Waals surface area contributed by atoms with E-state index in [1.54, 1.807) is 6.20 Å². The maximum atomic E-state index is 5.52. The van der Waals surface area contributed by atoms with E-state index in [-0.39, 0.29) is 0 Å². The lowest BCUT2D eigenvalue weighted by molar-refractivity contribution is 0.318. The van der Waals surface area contributed by atoms with Gasteiger partial charge in [-0.15, -0.1) is 0 Å². The lowest BCUT2D eigenvalue weighted by Crippen LogP contribution is -2.14. The van der Waals surface area contributed by atoms with Gasteiger partial charge in [-0.25, -0.2) is 4.98 Å². The topological polar surface area (TPSA) is 60.2 Å². The van der Waals surface area contributed by atoms with Crippen molar-refractivity contribution in [1.29, 1.82) is 0 Å². The summed E-state index contributed by atoms with van der Waals surface area (Å²) in [6.07, 6.45) is 2.73. The summed E-state index contributed by atoms with van der Waals surface area (Å²) in [5.41, 5.74) is 5.40. The van der Waals surface area contributed by atoms with Gasteiger partial charge in [0.25, 0.3) is 0 Å². The fourth-order valence-corrected chi connectivity index (χ4v) is 1.04. The molecule has 0 bridgehead atoms. The number of pyridine rings is 1. The molecule has 4 nitrogen and oxygen atoms in total. The summed E-state index contributed by atoms with van der Waals surface area (Å²) in [6.45, 7) is 4.08. The van der Waals surface area contributed by atoms with Crippen LogP contribution in [0.15, 0.2) is 18.3 Å². The van der Waals surface area contributed by atoms with Crippen LogP contribution in [0.5, 0.6) is 5.75 Å². The van der Waals surface area contributed by atoms with Gasteiger partial charge < -0.3 is 15.8 Å². The Balaban J connectivity index is 2.60. The van der Waals surface area contributed by atoms with Crippen molar-refractivity contribution in [1.82, 2.24) is 4.98 Å². The molecule has 0 radical (unpaired) electrons. The van der Waals surface area contributed by atoms with Crippen molar-refractivity contribution in [3.8, 4) is 5.75 Å². The molecule has 0 aliphatic heterocycles. The zero-order valence-corrected chi connectivity index (χ0v) is 8.49. The Morgan fingerprint density at radius 1 is 1.57 bits per heavy atom. The van der Waals surface area contributed by atoms with Crippen LogP contribution in [0.1, 0.15) is 13.3 Å². The fraction of sp³-hybridized carbons (Fsp3) is 0.500. The zero-order chi connectivity index (χ0) is 10.2. The average Bonchev–Trinajstić information content (AvgIpc) is 2.24. The van der Waals surface area contributed by atoms with Gasteiger partial charge in [-0.1, -0.05) is 6.92 Å². The van der Waals surface area contributed by atoms with Crippen molar-refractivity contribution in [2.75, 3.05) is 25.0 Å². The third-order valence-corrected chi connectivity index (χ3v) is 1.67. The molecule has 0 aliphatic carbocycles. The van der Waals surface area contributed by atoms with Crippen LogP contribution in [0.4, 0.5) is 5.82 Å². The SMILES string of the molecule is CCCOc1cccnc1NCCN. The van der Waals surface area contributed by atoms with Crippen LogP contribution in [-0.2, 0) is 0 Å². The molecular formula is C10H17N3O. The van der Waals surface area contributed by atoms with Crippen LogP contribution in [0, 0.1) is 0 Å². The lowest BCUT2D eigenvalue weighted by atomic mass is 10.4. The minimum absolute atomic E-state index is 0.587. The first-order valence-electron chi connectivity index (χ1n) is 4.90. The van der Waals surface area contributed by atoms with Crippen LogP contribution in [0.25, 0.3) is 0 Å². The van der Waals surface area contributed by atoms with Crippen molar-refractivity contribution in [3.05, 3.63) is 18.3 Å². The number of nitrogens with two attached hydrogens (primary N) is 1. The Bertz CT molecular complexity index is 238. The van der Waals surface area contributed by atoms with Crippen molar-refractivity contribution < 1.29 is 4.74 Å². The molecular weight excluding hydrogens is 178 g/mol. The van der Waals surface area contributed by atoms with E-state index in [2.05, 4.69) is 17.2 Å². The first-order chi connectivity index (χ1) is 6.88. The summed E-state index contributed by atoms with van der Waals surface area (Å²) >= 11 is 0. The molecule has 1 heterocycles. The number of anilines is 1. The molecule has 0 fully saturated rings. The molecule has 0 unspecified atom stereocenters. The standard InChI is InChI=1S/C10H17N3O/c1-2-8-14-9-4-3-6-12-10(9)13-7-5-11/h3-4,6H,2,5,7-8,11H2,1H3,(H,12,13). The summed E-state index contributed by atoms with van der Waals surface area (Å²) in [5, 5.41) is 3.11. The highest BCUT2D eigenvalue weighted by Crippen LogP contribution is 2.20. The van der Waals surface area contributed by atoms with Crippen LogP contribution in [0.2, 0.25) is 0 Å². The summed E-state index contributed by atoms with van der Waals surface area (Å²) in [7, 11) is 0. The molecule has 0 saturated heterocycles. The number of hydrogen-bond donors (Lipinski definition) is 2. The molecule has 1 aromatic heterocycles. The summed E-state index contributed by atoms with van der Waals surface area (Å²) in [4.78, 5) is 4.18. The smallest absolute Gasteiger partial charge is 0.168 e. The van der Waals surface area contributed by atoms with Gasteiger partial charge in [0.2, 0.25) is 0 Å². The zero-order valence-electron chi connectivity index (χ0n) is 8.49. The number of nitrogens with zero attached hydrogens (tertiary/aromatic N) is 1. The minimum atomic E-state index is 0.587. The highest BCUT2D eigenvalue weighted by atomic mass is 16.5. The van der Waals surface area contributed by atoms with Crippen molar-refractivity contribution >= 4 is 5.82 Å². The number of aromatic nitrogens is 1. The Labute approximate surface area is 84.5 Å². The molecule has 1 rings (SSSR count). The monoisotopic (exact) mass is 195 g/mol. The van der Waals surface area contributed by atoms with Gasteiger partial charge in [0, 0.05) is 19.3 Å². The van der Waals surface area contributed by atoms with Gasteiger partial charge in [0.15, 0.2) is 11.6 Å². The molecule has 0 aromatic carbocycles. The average molecular weight is 195 g/mol. The molecule has 3 N–H and O–H groups in total. The highest BCUT2D eigenvalue weighted by Gasteiger charge is 2.01. The second kappa shape index (κ2) is 6.21. The third-order valence-electron chi connectivity index (χ3n) is 1.67. The fourth-order valence-electron chi connectivity index (χ4n) is 1.04. The molecule has 14 heavy (non-hydrogen) atoms. The maximum absolute atomic E-state index is 5.52. The predicted octanol–water partition coefficient (Wildman–Crippen LogP) is 1.24. The normalized spacial score (nSPS) is 9.86. The molecule has 0 amide bonds. The Morgan fingerprint density at radius 3 is 3.14 bits per heavy atom. The van der Waals surface area contributed by atoms with E-state index in [0.29, 0.717) is 19.7 Å². The third kappa shape index (κ3) is 3.22. The van der Waals surface area contributed by atoms with Crippen molar-refractivity contribution in [3.63, 3.8) is 0 Å². The molecule has 1 aromatic rings. The molecule has 0 aliphatic rings. The second-order valence-electron chi connectivity index (χ2n) is 2.91. The van der Waals surface area contributed by atoms with E-state index in [4.69, 9.17) is 10.5 Å². The predicted molar refractivity (Wildman–Crippen MR) is 57.6 cm³/mol. The molecule has 0 saturated carbocycles. The van der Waals surface area contributed by atoms with E-state index in [1.807, 2.05) is 12.1 Å². The van der Waals surface area contributed by atoms with Gasteiger partial charge >= 0.3 is 0 Å². The second-order valence-corrected chi connectivity index (χ2v) is 2.91. The summed E-state index contributed by atoms with van der Waals surface area (Å²) < 4.78 is 5.52. The largest absolute Gasteiger partial charge is 0.490 e. The van der Waals surface area contributed by atoms with E-state index in [9.17, 15) is 0 Å². The van der Waals surface area contributed by atoms with Gasteiger partial charge in [-0.05, 0) is 18.6 Å². The van der Waals surface area contributed by atoms with E-state index in [1.165, 1.54) is 0 Å². The van der Waals surface area contributed by atoms with Crippen molar-refractivity contribution in [2.24, 2.45) is 5.73 Å². The Morgan fingerprint density at radius 2 is 2.43 bits per heavy atom. The minimum Gasteiger partial charge on any atom is -0.490 e. The van der Waals surface area contributed by atoms with Crippen LogP contribution in [0.3, 0.4) is 0 Å². The maximum Gasteiger partial charge on any atom is 0.168 e. The van der Waals surface area contributed by atoms with Crippen LogP contribution >= 0.6 is 0 Å². The molecule has 0 spiro atoms. The quantitative estimate of drug-likeness (QED) is 0.717. The number of rotatable bonds is 6. The van der Waals surface area contributed by atoms with E-state index < -0.39 is 0 Å². The summed E-state index contributed by atoms with van der Waals surface area (Å²) in [6, 6.07) is 3.76. The van der Waals surface area contributed by atoms with E-state index >= 15 is 0 Å². The number of ether oxygens (including phenoxy) is 1. The highest BCUT2D eigenvalue weighted by molar-refractivity contribution is 5.49. The van der Waals surface area contributed by atoms with Crippen LogP contribution in [-0.4, -0.2) is 24.7 Å². The summed E-state index contributed by atoms with van der Waals surface area (Å²) in [5.74, 6) is 1.56. The molecule has 4 heteroatoms. The van der Waals surface area contributed by atoms with Gasteiger partial charge in [-0.2, -0.15) is 0 Å². The lowest BCUT2D eigenvalue weighted by Gasteiger charge is -2.10. The van der Waals surface area contributed by atoms with Crippen LogP contribution < -0.4 is 15.8 Å². The van der Waals surface area contributed by atoms with Gasteiger partial charge in [-0.3, -0.25) is 0 Å². The van der Waals surface area contributed by atoms with Gasteiger partial charge in [0.1, 0.15) is 0 Å².